The molecule has 0 spiro atoms. The Kier molecular flexibility index (Phi) is 5.44. The Bertz CT molecular complexity index is 2110. The molecule has 0 atom stereocenters. The van der Waals surface area contributed by atoms with Gasteiger partial charge in [0.15, 0.2) is 0 Å². The first kappa shape index (κ1) is 25.8. The summed E-state index contributed by atoms with van der Waals surface area (Å²) in [6, 6.07) is 42.0. The van der Waals surface area contributed by atoms with E-state index in [1.54, 1.807) is 0 Å². The minimum absolute atomic E-state index is 0.0860. The standard InChI is InChI=1S/C43H34/c1-27-21-36-41-39-34(27)17-12-18-35(39)42(2,3)37-24-29(25-38(40(37)41)43(36,4)5)20-19-28-22-32(30-13-8-6-9-14-30)26-33(23-28)31-15-10-7-11-16-31/h6-18,21-26H,1-5H3. The largest absolute Gasteiger partial charge is 0.0622 e. The first-order valence-electron chi connectivity index (χ1n) is 15.3. The predicted molar refractivity (Wildman–Crippen MR) is 182 cm³/mol. The van der Waals surface area contributed by atoms with Crippen LogP contribution in [0, 0.1) is 18.8 Å². The lowest BCUT2D eigenvalue weighted by Crippen LogP contribution is -2.24. The Labute approximate surface area is 255 Å². The van der Waals surface area contributed by atoms with Gasteiger partial charge in [0.25, 0.3) is 0 Å². The fourth-order valence-corrected chi connectivity index (χ4v) is 7.62. The second-order valence-corrected chi connectivity index (χ2v) is 13.3. The Balaban J connectivity index is 1.32. The van der Waals surface area contributed by atoms with Crippen LogP contribution >= 0.6 is 0 Å². The summed E-state index contributed by atoms with van der Waals surface area (Å²) < 4.78 is 0. The summed E-state index contributed by atoms with van der Waals surface area (Å²) in [7, 11) is 0. The Hall–Kier alpha value is -4.86. The van der Waals surface area contributed by atoms with Crippen LogP contribution in [0.3, 0.4) is 0 Å². The van der Waals surface area contributed by atoms with Crippen molar-refractivity contribution >= 4 is 10.8 Å². The summed E-state index contributed by atoms with van der Waals surface area (Å²) in [6.07, 6.45) is 0. The average molecular weight is 551 g/mol. The molecule has 0 aromatic heterocycles. The van der Waals surface area contributed by atoms with E-state index in [1.165, 1.54) is 72.0 Å². The van der Waals surface area contributed by atoms with Crippen molar-refractivity contribution < 1.29 is 0 Å². The molecule has 2 aliphatic rings. The van der Waals surface area contributed by atoms with Crippen molar-refractivity contribution in [1.29, 1.82) is 0 Å². The summed E-state index contributed by atoms with van der Waals surface area (Å²) >= 11 is 0. The van der Waals surface area contributed by atoms with Gasteiger partial charge in [0.1, 0.15) is 0 Å². The molecule has 0 saturated heterocycles. The molecule has 2 aliphatic carbocycles. The van der Waals surface area contributed by atoms with Gasteiger partial charge in [0, 0.05) is 22.0 Å². The highest BCUT2D eigenvalue weighted by Gasteiger charge is 2.45. The molecule has 8 rings (SSSR count). The van der Waals surface area contributed by atoms with Gasteiger partial charge in [-0.25, -0.2) is 0 Å². The zero-order valence-electron chi connectivity index (χ0n) is 25.5. The number of benzene rings is 6. The van der Waals surface area contributed by atoms with E-state index in [0.29, 0.717) is 0 Å². The molecule has 0 N–H and O–H groups in total. The van der Waals surface area contributed by atoms with Gasteiger partial charge in [0.05, 0.1) is 0 Å². The van der Waals surface area contributed by atoms with Crippen molar-refractivity contribution in [2.45, 2.75) is 45.4 Å². The van der Waals surface area contributed by atoms with Crippen molar-refractivity contribution in [3.63, 3.8) is 0 Å². The molecule has 0 amide bonds. The van der Waals surface area contributed by atoms with Crippen LogP contribution in [-0.2, 0) is 10.8 Å². The second kappa shape index (κ2) is 9.07. The van der Waals surface area contributed by atoms with Crippen molar-refractivity contribution in [3.05, 3.63) is 154 Å². The van der Waals surface area contributed by atoms with Crippen molar-refractivity contribution in [1.82, 2.24) is 0 Å². The summed E-state index contributed by atoms with van der Waals surface area (Å²) in [4.78, 5) is 0. The van der Waals surface area contributed by atoms with Crippen LogP contribution < -0.4 is 0 Å². The van der Waals surface area contributed by atoms with Crippen molar-refractivity contribution in [2.75, 3.05) is 0 Å². The van der Waals surface area contributed by atoms with Crippen LogP contribution in [0.5, 0.6) is 0 Å². The number of aryl methyl sites for hydroxylation is 1. The van der Waals surface area contributed by atoms with Gasteiger partial charge in [-0.3, -0.25) is 0 Å². The van der Waals surface area contributed by atoms with E-state index >= 15 is 0 Å². The highest BCUT2D eigenvalue weighted by atomic mass is 14.5. The summed E-state index contributed by atoms with van der Waals surface area (Å²) in [6.45, 7) is 11.8. The van der Waals surface area contributed by atoms with Gasteiger partial charge >= 0.3 is 0 Å². The van der Waals surface area contributed by atoms with Crippen LogP contribution in [0.25, 0.3) is 44.2 Å². The maximum Gasteiger partial charge on any atom is 0.0261 e. The lowest BCUT2D eigenvalue weighted by molar-refractivity contribution is 0.639. The normalized spacial score (nSPS) is 14.8. The molecule has 0 saturated carbocycles. The van der Waals surface area contributed by atoms with E-state index in [1.807, 2.05) is 0 Å². The Morgan fingerprint density at radius 2 is 0.953 bits per heavy atom. The van der Waals surface area contributed by atoms with Crippen LogP contribution in [0.1, 0.15) is 66.6 Å². The van der Waals surface area contributed by atoms with Gasteiger partial charge in [-0.2, -0.15) is 0 Å². The fourth-order valence-electron chi connectivity index (χ4n) is 7.62. The van der Waals surface area contributed by atoms with Gasteiger partial charge in [-0.1, -0.05) is 124 Å². The number of hydrogen-bond acceptors (Lipinski definition) is 0. The quantitative estimate of drug-likeness (QED) is 0.188. The zero-order valence-corrected chi connectivity index (χ0v) is 25.5. The molecular weight excluding hydrogens is 516 g/mol. The third-order valence-electron chi connectivity index (χ3n) is 9.95. The van der Waals surface area contributed by atoms with E-state index in [-0.39, 0.29) is 10.8 Å². The van der Waals surface area contributed by atoms with Crippen molar-refractivity contribution in [2.24, 2.45) is 0 Å². The Morgan fingerprint density at radius 3 is 1.53 bits per heavy atom. The molecule has 206 valence electrons. The monoisotopic (exact) mass is 550 g/mol. The first-order chi connectivity index (χ1) is 20.7. The van der Waals surface area contributed by atoms with Crippen LogP contribution in [0.15, 0.2) is 115 Å². The molecule has 0 unspecified atom stereocenters. The molecule has 0 radical (unpaired) electrons. The molecule has 0 nitrogen and oxygen atoms in total. The maximum atomic E-state index is 3.63. The molecule has 0 heterocycles. The second-order valence-electron chi connectivity index (χ2n) is 13.3. The third-order valence-corrected chi connectivity index (χ3v) is 9.95. The van der Waals surface area contributed by atoms with Gasteiger partial charge < -0.3 is 0 Å². The van der Waals surface area contributed by atoms with E-state index in [2.05, 4.69) is 162 Å². The predicted octanol–water partition coefficient (Wildman–Crippen LogP) is 10.8. The van der Waals surface area contributed by atoms with E-state index in [4.69, 9.17) is 0 Å². The molecule has 0 aliphatic heterocycles. The van der Waals surface area contributed by atoms with Gasteiger partial charge in [-0.15, -0.1) is 0 Å². The van der Waals surface area contributed by atoms with Crippen LogP contribution in [0.2, 0.25) is 0 Å². The molecule has 43 heavy (non-hydrogen) atoms. The summed E-state index contributed by atoms with van der Waals surface area (Å²) in [5, 5.41) is 2.84. The number of hydrogen-bond donors (Lipinski definition) is 0. The molecular formula is C43H34. The van der Waals surface area contributed by atoms with Gasteiger partial charge in [0.2, 0.25) is 0 Å². The highest BCUT2D eigenvalue weighted by molar-refractivity contribution is 6.09. The molecule has 6 aromatic carbocycles. The molecule has 0 bridgehead atoms. The van der Waals surface area contributed by atoms with E-state index < -0.39 is 0 Å². The Morgan fingerprint density at radius 1 is 0.442 bits per heavy atom. The maximum absolute atomic E-state index is 3.63. The topological polar surface area (TPSA) is 0 Å². The van der Waals surface area contributed by atoms with E-state index in [0.717, 1.165) is 11.1 Å². The smallest absolute Gasteiger partial charge is 0.0261 e. The third kappa shape index (κ3) is 3.78. The molecule has 0 heteroatoms. The average Bonchev–Trinajstić information content (AvgIpc) is 3.25. The minimum atomic E-state index is -0.118. The fraction of sp³-hybridized carbons (Fsp3) is 0.163. The lowest BCUT2D eigenvalue weighted by atomic mass is 9.68. The van der Waals surface area contributed by atoms with Crippen LogP contribution in [0.4, 0.5) is 0 Å². The van der Waals surface area contributed by atoms with Gasteiger partial charge in [-0.05, 0) is 109 Å². The van der Waals surface area contributed by atoms with E-state index in [9.17, 15) is 0 Å². The van der Waals surface area contributed by atoms with Crippen LogP contribution in [-0.4, -0.2) is 0 Å². The summed E-state index contributed by atoms with van der Waals surface area (Å²) in [5.41, 5.74) is 16.6. The highest BCUT2D eigenvalue weighted by Crippen LogP contribution is 2.60. The van der Waals surface area contributed by atoms with Crippen molar-refractivity contribution in [3.8, 4) is 45.2 Å². The SMILES string of the molecule is Cc1cc2c3c4c(cccc14)C(C)(C)c1cc(C#Cc4cc(-c5ccccc5)cc(-c5ccccc5)c4)cc(c1-3)C2(C)C. The molecule has 6 aromatic rings. The first-order valence-corrected chi connectivity index (χ1v) is 15.3. The molecule has 0 fully saturated rings. The minimum Gasteiger partial charge on any atom is -0.0622 e. The number of rotatable bonds is 2. The zero-order chi connectivity index (χ0) is 29.5. The summed E-state index contributed by atoms with van der Waals surface area (Å²) in [5.74, 6) is 7.23. The lowest BCUT2D eigenvalue weighted by Gasteiger charge is -2.35.